The topological polar surface area (TPSA) is 57.6 Å². The predicted molar refractivity (Wildman–Crippen MR) is 77.3 cm³/mol. The Morgan fingerprint density at radius 2 is 2.15 bits per heavy atom. The monoisotopic (exact) mass is 365 g/mol. The molecule has 20 heavy (non-hydrogen) atoms. The van der Waals surface area contributed by atoms with Crippen molar-refractivity contribution in [3.8, 4) is 0 Å². The molecule has 4 nitrogen and oxygen atoms in total. The van der Waals surface area contributed by atoms with Gasteiger partial charge >= 0.3 is 0 Å². The maximum Gasteiger partial charge on any atom is 0.246 e. The average Bonchev–Trinajstić information content (AvgIpc) is 2.39. The molecule has 1 atom stereocenters. The van der Waals surface area contributed by atoms with E-state index in [1.807, 2.05) is 0 Å². The Morgan fingerprint density at radius 1 is 1.40 bits per heavy atom. The van der Waals surface area contributed by atoms with E-state index in [0.717, 1.165) is 18.9 Å². The third-order valence-corrected chi connectivity index (χ3v) is 5.99. The van der Waals surface area contributed by atoms with Crippen molar-refractivity contribution < 1.29 is 17.9 Å². The minimum Gasteiger partial charge on any atom is -0.396 e. The van der Waals surface area contributed by atoms with Gasteiger partial charge in [0.25, 0.3) is 0 Å². The molecule has 1 aromatic carbocycles. The van der Waals surface area contributed by atoms with Gasteiger partial charge in [-0.2, -0.15) is 4.31 Å². The molecule has 1 fully saturated rings. The molecule has 0 spiro atoms. The summed E-state index contributed by atoms with van der Waals surface area (Å²) in [5.41, 5.74) is 0. The summed E-state index contributed by atoms with van der Waals surface area (Å²) in [4.78, 5) is -0.300. The third kappa shape index (κ3) is 3.21. The molecule has 1 unspecified atom stereocenters. The van der Waals surface area contributed by atoms with Crippen molar-refractivity contribution >= 4 is 26.0 Å². The number of aliphatic hydroxyl groups excluding tert-OH is 1. The van der Waals surface area contributed by atoms with E-state index in [-0.39, 0.29) is 17.5 Å². The van der Waals surface area contributed by atoms with Crippen molar-refractivity contribution in [2.75, 3.05) is 13.2 Å². The van der Waals surface area contributed by atoms with E-state index in [1.54, 1.807) is 0 Å². The average molecular weight is 366 g/mol. The van der Waals surface area contributed by atoms with Gasteiger partial charge in [0, 0.05) is 23.7 Å². The van der Waals surface area contributed by atoms with Gasteiger partial charge in [0.2, 0.25) is 10.0 Å². The first-order valence-electron chi connectivity index (χ1n) is 6.54. The van der Waals surface area contributed by atoms with Crippen LogP contribution in [-0.2, 0) is 10.0 Å². The van der Waals surface area contributed by atoms with Gasteiger partial charge in [0.15, 0.2) is 0 Å². The highest BCUT2D eigenvalue weighted by Gasteiger charge is 2.34. The molecule has 0 bridgehead atoms. The molecule has 0 radical (unpaired) electrons. The Labute approximate surface area is 126 Å². The zero-order valence-electron chi connectivity index (χ0n) is 10.9. The second-order valence-corrected chi connectivity index (χ2v) is 7.63. The third-order valence-electron chi connectivity index (χ3n) is 3.52. The Kier molecular flexibility index (Phi) is 5.17. The van der Waals surface area contributed by atoms with Gasteiger partial charge < -0.3 is 5.11 Å². The number of piperidine rings is 1. The van der Waals surface area contributed by atoms with Crippen molar-refractivity contribution in [1.29, 1.82) is 0 Å². The van der Waals surface area contributed by atoms with Gasteiger partial charge in [0.1, 0.15) is 10.7 Å². The van der Waals surface area contributed by atoms with E-state index >= 15 is 0 Å². The molecule has 2 rings (SSSR count). The van der Waals surface area contributed by atoms with Gasteiger partial charge in [-0.25, -0.2) is 12.8 Å². The van der Waals surface area contributed by atoms with Crippen LogP contribution in [-0.4, -0.2) is 37.0 Å². The maximum atomic E-state index is 13.9. The summed E-state index contributed by atoms with van der Waals surface area (Å²) in [6.45, 7) is 0.308. The first-order valence-corrected chi connectivity index (χ1v) is 8.78. The first-order chi connectivity index (χ1) is 9.46. The van der Waals surface area contributed by atoms with Crippen LogP contribution >= 0.6 is 15.9 Å². The number of hydrogen-bond acceptors (Lipinski definition) is 3. The summed E-state index contributed by atoms with van der Waals surface area (Å²) in [5.74, 6) is -0.757. The molecule has 0 aliphatic carbocycles. The van der Waals surface area contributed by atoms with E-state index in [1.165, 1.54) is 16.4 Å². The summed E-state index contributed by atoms with van der Waals surface area (Å²) >= 11 is 3.11. The minimum atomic E-state index is -3.85. The lowest BCUT2D eigenvalue weighted by atomic mass is 10.0. The molecular weight excluding hydrogens is 349 g/mol. The Hall–Kier alpha value is -0.500. The molecule has 1 saturated heterocycles. The molecule has 1 aliphatic heterocycles. The smallest absolute Gasteiger partial charge is 0.246 e. The van der Waals surface area contributed by atoms with Crippen LogP contribution in [0.15, 0.2) is 27.6 Å². The lowest BCUT2D eigenvalue weighted by molar-refractivity contribution is 0.192. The van der Waals surface area contributed by atoms with E-state index < -0.39 is 15.8 Å². The van der Waals surface area contributed by atoms with Crippen molar-refractivity contribution in [2.24, 2.45) is 0 Å². The Balaban J connectivity index is 2.37. The number of nitrogens with zero attached hydrogens (tertiary/aromatic N) is 1. The zero-order chi connectivity index (χ0) is 14.8. The largest absolute Gasteiger partial charge is 0.396 e. The minimum absolute atomic E-state index is 0.0699. The highest BCUT2D eigenvalue weighted by molar-refractivity contribution is 9.10. The Bertz CT molecular complexity index is 577. The fourth-order valence-corrected chi connectivity index (χ4v) is 4.64. The molecule has 112 valence electrons. The molecular formula is C13H17BrFNO3S. The first kappa shape index (κ1) is 15.9. The number of rotatable bonds is 4. The second kappa shape index (κ2) is 6.51. The SMILES string of the molecule is O=S(=O)(c1ccc(Br)cc1F)N1CCCCC1CCO. The Morgan fingerprint density at radius 3 is 2.80 bits per heavy atom. The van der Waals surface area contributed by atoms with Crippen LogP contribution in [0.3, 0.4) is 0 Å². The van der Waals surface area contributed by atoms with Crippen molar-refractivity contribution in [1.82, 2.24) is 4.31 Å². The molecule has 1 aliphatic rings. The fraction of sp³-hybridized carbons (Fsp3) is 0.538. The van der Waals surface area contributed by atoms with Crippen LogP contribution in [0.2, 0.25) is 0 Å². The molecule has 0 saturated carbocycles. The summed E-state index contributed by atoms with van der Waals surface area (Å²) in [5, 5.41) is 9.06. The number of hydrogen-bond donors (Lipinski definition) is 1. The van der Waals surface area contributed by atoms with Gasteiger partial charge in [-0.1, -0.05) is 22.4 Å². The van der Waals surface area contributed by atoms with Gasteiger partial charge in [0.05, 0.1) is 0 Å². The molecule has 7 heteroatoms. The summed E-state index contributed by atoms with van der Waals surface area (Å²) in [6, 6.07) is 3.69. The molecule has 0 aromatic heterocycles. The van der Waals surface area contributed by atoms with E-state index in [9.17, 15) is 12.8 Å². The van der Waals surface area contributed by atoms with Crippen molar-refractivity contribution in [2.45, 2.75) is 36.6 Å². The van der Waals surface area contributed by atoms with Crippen LogP contribution in [0.4, 0.5) is 4.39 Å². The van der Waals surface area contributed by atoms with Crippen LogP contribution in [0.25, 0.3) is 0 Å². The second-order valence-electron chi connectivity index (χ2n) is 4.85. The van der Waals surface area contributed by atoms with E-state index in [4.69, 9.17) is 5.11 Å². The summed E-state index contributed by atoms with van der Waals surface area (Å²) in [6.07, 6.45) is 2.79. The highest BCUT2D eigenvalue weighted by atomic mass is 79.9. The molecule has 1 N–H and O–H groups in total. The van der Waals surface area contributed by atoms with Crippen LogP contribution in [0.5, 0.6) is 0 Å². The van der Waals surface area contributed by atoms with E-state index in [0.29, 0.717) is 23.9 Å². The quantitative estimate of drug-likeness (QED) is 0.891. The van der Waals surface area contributed by atoms with Crippen LogP contribution in [0, 0.1) is 5.82 Å². The van der Waals surface area contributed by atoms with Crippen molar-refractivity contribution in [3.63, 3.8) is 0 Å². The van der Waals surface area contributed by atoms with Gasteiger partial charge in [-0.15, -0.1) is 0 Å². The number of sulfonamides is 1. The van der Waals surface area contributed by atoms with E-state index in [2.05, 4.69) is 15.9 Å². The number of aliphatic hydroxyl groups is 1. The number of benzene rings is 1. The van der Waals surface area contributed by atoms with Gasteiger partial charge in [-0.05, 0) is 37.5 Å². The normalized spacial score (nSPS) is 21.1. The fourth-order valence-electron chi connectivity index (χ4n) is 2.54. The van der Waals surface area contributed by atoms with Crippen LogP contribution < -0.4 is 0 Å². The standard InChI is InChI=1S/C13H17BrFNO3S/c14-10-4-5-13(12(15)9-10)20(18,19)16-7-2-1-3-11(16)6-8-17/h4-5,9,11,17H,1-3,6-8H2. The van der Waals surface area contributed by atoms with Gasteiger partial charge in [-0.3, -0.25) is 0 Å². The van der Waals surface area contributed by atoms with Crippen LogP contribution in [0.1, 0.15) is 25.7 Å². The maximum absolute atomic E-state index is 13.9. The molecule has 1 heterocycles. The van der Waals surface area contributed by atoms with Crippen molar-refractivity contribution in [3.05, 3.63) is 28.5 Å². The summed E-state index contributed by atoms with van der Waals surface area (Å²) < 4.78 is 40.9. The predicted octanol–water partition coefficient (Wildman–Crippen LogP) is 2.51. The lowest BCUT2D eigenvalue weighted by Gasteiger charge is -2.34. The zero-order valence-corrected chi connectivity index (χ0v) is 13.3. The summed E-state index contributed by atoms with van der Waals surface area (Å²) in [7, 11) is -3.85. The highest BCUT2D eigenvalue weighted by Crippen LogP contribution is 2.29. The lowest BCUT2D eigenvalue weighted by Crippen LogP contribution is -2.44. The molecule has 0 amide bonds. The molecule has 1 aromatic rings. The number of halogens is 2.